The molecular weight excluding hydrogens is 703 g/mol. The van der Waals surface area contributed by atoms with Crippen LogP contribution in [0, 0.1) is 0 Å². The molecule has 1 aliphatic carbocycles. The number of aromatic nitrogens is 1. The van der Waals surface area contributed by atoms with E-state index in [0.29, 0.717) is 0 Å². The fraction of sp³-hybridized carbons (Fsp3) is 0.109. The molecule has 3 nitrogen and oxygen atoms in total. The summed E-state index contributed by atoms with van der Waals surface area (Å²) in [7, 11) is 0. The van der Waals surface area contributed by atoms with E-state index in [1.807, 2.05) is 12.1 Å². The fourth-order valence-corrected chi connectivity index (χ4v) is 9.35. The van der Waals surface area contributed by atoms with E-state index in [-0.39, 0.29) is 17.6 Å². The van der Waals surface area contributed by atoms with Crippen molar-refractivity contribution in [3.05, 3.63) is 217 Å². The van der Waals surface area contributed by atoms with E-state index in [1.165, 1.54) is 66.1 Å². The van der Waals surface area contributed by atoms with Crippen LogP contribution in [-0.2, 0) is 5.41 Å². The first-order valence-corrected chi connectivity index (χ1v) is 20.3. The zero-order chi connectivity index (χ0) is 39.4. The van der Waals surface area contributed by atoms with Gasteiger partial charge in [-0.05, 0) is 86.0 Å². The molecule has 1 N–H and O–H groups in total. The highest BCUT2D eigenvalue weighted by atomic mass is 15.2. The van der Waals surface area contributed by atoms with E-state index in [9.17, 15) is 0 Å². The summed E-state index contributed by atoms with van der Waals surface area (Å²) in [5.41, 5.74) is 14.6. The number of rotatable bonds is 8. The Labute approximate surface area is 340 Å². The van der Waals surface area contributed by atoms with Gasteiger partial charge in [0.1, 0.15) is 12.0 Å². The smallest absolute Gasteiger partial charge is 0.131 e. The van der Waals surface area contributed by atoms with Gasteiger partial charge >= 0.3 is 0 Å². The van der Waals surface area contributed by atoms with Crippen LogP contribution in [-0.4, -0.2) is 10.4 Å². The summed E-state index contributed by atoms with van der Waals surface area (Å²) in [5.74, 6) is 0.817. The van der Waals surface area contributed by atoms with Gasteiger partial charge in [0.2, 0.25) is 0 Å². The fourth-order valence-electron chi connectivity index (χ4n) is 9.35. The average molecular weight is 748 g/mol. The lowest BCUT2D eigenvalue weighted by Crippen LogP contribution is -2.29. The molecule has 0 bridgehead atoms. The summed E-state index contributed by atoms with van der Waals surface area (Å²) in [5, 5.41) is 8.73. The van der Waals surface area contributed by atoms with Crippen molar-refractivity contribution < 1.29 is 0 Å². The van der Waals surface area contributed by atoms with Crippen LogP contribution < -0.4 is 5.32 Å². The van der Waals surface area contributed by atoms with Crippen molar-refractivity contribution in [1.29, 1.82) is 0 Å². The first-order valence-electron chi connectivity index (χ1n) is 20.3. The van der Waals surface area contributed by atoms with Gasteiger partial charge in [-0.15, -0.1) is 6.58 Å². The monoisotopic (exact) mass is 747 g/mol. The molecule has 58 heavy (non-hydrogen) atoms. The Balaban J connectivity index is 1.22. The van der Waals surface area contributed by atoms with Crippen LogP contribution >= 0.6 is 0 Å². The Morgan fingerprint density at radius 1 is 0.569 bits per heavy atom. The van der Waals surface area contributed by atoms with Gasteiger partial charge in [-0.2, -0.15) is 0 Å². The normalized spacial score (nSPS) is 14.3. The maximum absolute atomic E-state index is 5.60. The quantitative estimate of drug-likeness (QED) is 0.0936. The highest BCUT2D eigenvalue weighted by Crippen LogP contribution is 2.50. The molecular formula is C55H45N3. The van der Waals surface area contributed by atoms with E-state index in [4.69, 9.17) is 4.99 Å². The SMILES string of the molecule is C=CC(NC(=NC(C)n1c2cc(-c3ccccc3)ccc2c2c3ccccc3c(-c3ccc4c(c3)C(C)(C)c3ccccc3-4)cc21)c1ccccc1)c1ccccc1. The molecule has 0 amide bonds. The molecule has 9 aromatic rings. The Hall–Kier alpha value is -6.97. The molecule has 2 atom stereocenters. The van der Waals surface area contributed by atoms with E-state index < -0.39 is 0 Å². The number of nitrogens with one attached hydrogen (secondary N) is 1. The van der Waals surface area contributed by atoms with Crippen molar-refractivity contribution in [1.82, 2.24) is 9.88 Å². The minimum absolute atomic E-state index is 0.0995. The number of aliphatic imine (C=N–C) groups is 1. The minimum Gasteiger partial charge on any atom is -0.360 e. The molecule has 0 spiro atoms. The lowest BCUT2D eigenvalue weighted by molar-refractivity contribution is 0.606. The molecule has 1 aliphatic rings. The van der Waals surface area contributed by atoms with Gasteiger partial charge in [0.15, 0.2) is 0 Å². The van der Waals surface area contributed by atoms with Crippen LogP contribution in [0.4, 0.5) is 0 Å². The van der Waals surface area contributed by atoms with Crippen molar-refractivity contribution in [3.63, 3.8) is 0 Å². The Bertz CT molecular complexity index is 3030. The lowest BCUT2D eigenvalue weighted by Gasteiger charge is -2.22. The molecule has 0 saturated carbocycles. The summed E-state index contributed by atoms with van der Waals surface area (Å²) >= 11 is 0. The maximum Gasteiger partial charge on any atom is 0.131 e. The van der Waals surface area contributed by atoms with E-state index in [1.54, 1.807) is 0 Å². The zero-order valence-electron chi connectivity index (χ0n) is 33.2. The van der Waals surface area contributed by atoms with Crippen LogP contribution in [0.3, 0.4) is 0 Å². The first kappa shape index (κ1) is 35.4. The highest BCUT2D eigenvalue weighted by Gasteiger charge is 2.35. The second-order valence-corrected chi connectivity index (χ2v) is 16.0. The number of nitrogens with zero attached hydrogens (tertiary/aromatic N) is 2. The van der Waals surface area contributed by atoms with Crippen molar-refractivity contribution in [2.24, 2.45) is 4.99 Å². The number of hydrogen-bond acceptors (Lipinski definition) is 1. The van der Waals surface area contributed by atoms with Crippen molar-refractivity contribution >= 4 is 38.4 Å². The molecule has 2 unspecified atom stereocenters. The van der Waals surface area contributed by atoms with Gasteiger partial charge in [0, 0.05) is 21.8 Å². The van der Waals surface area contributed by atoms with Gasteiger partial charge in [0.25, 0.3) is 0 Å². The summed E-state index contributed by atoms with van der Waals surface area (Å²) < 4.78 is 2.45. The number of hydrogen-bond donors (Lipinski definition) is 1. The van der Waals surface area contributed by atoms with E-state index in [2.05, 4.69) is 213 Å². The van der Waals surface area contributed by atoms with Gasteiger partial charge < -0.3 is 9.88 Å². The molecule has 1 aromatic heterocycles. The predicted molar refractivity (Wildman–Crippen MR) is 246 cm³/mol. The second kappa shape index (κ2) is 14.2. The summed E-state index contributed by atoms with van der Waals surface area (Å²) in [6, 6.07) is 65.7. The molecule has 3 heteroatoms. The molecule has 8 aromatic carbocycles. The molecule has 0 saturated heterocycles. The van der Waals surface area contributed by atoms with Gasteiger partial charge in [-0.3, -0.25) is 0 Å². The number of benzene rings is 8. The first-order chi connectivity index (χ1) is 28.4. The predicted octanol–water partition coefficient (Wildman–Crippen LogP) is 14.1. The van der Waals surface area contributed by atoms with Crippen LogP contribution in [0.25, 0.3) is 66.0 Å². The third-order valence-corrected chi connectivity index (χ3v) is 12.2. The molecule has 0 aliphatic heterocycles. The van der Waals surface area contributed by atoms with E-state index >= 15 is 0 Å². The third kappa shape index (κ3) is 5.85. The number of fused-ring (bicyclic) bond motifs is 8. The Kier molecular flexibility index (Phi) is 8.68. The summed E-state index contributed by atoms with van der Waals surface area (Å²) in [6.45, 7) is 11.2. The Morgan fingerprint density at radius 3 is 1.97 bits per heavy atom. The average Bonchev–Trinajstić information content (AvgIpc) is 3.73. The third-order valence-electron chi connectivity index (χ3n) is 12.2. The van der Waals surface area contributed by atoms with E-state index in [0.717, 1.165) is 28.0 Å². The molecule has 10 rings (SSSR count). The van der Waals surface area contributed by atoms with Crippen LogP contribution in [0.15, 0.2) is 200 Å². The van der Waals surface area contributed by atoms with Crippen molar-refractivity contribution in [2.45, 2.75) is 38.4 Å². The standard InChI is InChI=1S/C55H45N3/c1-5-50(38-21-11-7-12-22-38)57-54(39-23-13-8-14-24-39)56-36(2)58-51-34-40(37-19-9-6-10-20-37)29-32-46(51)53-45-27-16-15-25-42(45)47(35-52(53)58)41-30-31-44-43-26-17-18-28-48(43)55(3,4)49(44)33-41/h5-36,50H,1H2,2-4H3,(H,56,57). The topological polar surface area (TPSA) is 29.3 Å². The van der Waals surface area contributed by atoms with Gasteiger partial charge in [-0.25, -0.2) is 4.99 Å². The molecule has 0 fully saturated rings. The summed E-state index contributed by atoms with van der Waals surface area (Å²) in [4.78, 5) is 5.60. The van der Waals surface area contributed by atoms with Crippen LogP contribution in [0.2, 0.25) is 0 Å². The highest BCUT2D eigenvalue weighted by molar-refractivity contribution is 6.24. The molecule has 280 valence electrons. The zero-order valence-corrected chi connectivity index (χ0v) is 33.2. The van der Waals surface area contributed by atoms with Crippen LogP contribution in [0.1, 0.15) is 55.2 Å². The van der Waals surface area contributed by atoms with Gasteiger partial charge in [0.05, 0.1) is 17.1 Å². The van der Waals surface area contributed by atoms with Crippen molar-refractivity contribution in [3.8, 4) is 33.4 Å². The van der Waals surface area contributed by atoms with Crippen molar-refractivity contribution in [2.75, 3.05) is 0 Å². The van der Waals surface area contributed by atoms with Gasteiger partial charge in [-0.1, -0.05) is 184 Å². The largest absolute Gasteiger partial charge is 0.360 e. The molecule has 0 radical (unpaired) electrons. The minimum atomic E-state index is -0.280. The van der Waals surface area contributed by atoms with Crippen LogP contribution in [0.5, 0.6) is 0 Å². The Morgan fingerprint density at radius 2 is 1.21 bits per heavy atom. The molecule has 1 heterocycles. The second-order valence-electron chi connectivity index (χ2n) is 16.0. The lowest BCUT2D eigenvalue weighted by atomic mass is 9.81. The number of amidine groups is 1. The maximum atomic E-state index is 5.60. The summed E-state index contributed by atoms with van der Waals surface area (Å²) in [6.07, 6.45) is 1.68.